The van der Waals surface area contributed by atoms with Gasteiger partial charge in [0.2, 0.25) is 5.91 Å². The molecule has 0 saturated carbocycles. The molecular weight excluding hydrogens is 254 g/mol. The van der Waals surface area contributed by atoms with Crippen LogP contribution in [0.4, 0.5) is 5.69 Å². The molecule has 0 atom stereocenters. The zero-order valence-electron chi connectivity index (χ0n) is 12.0. The smallest absolute Gasteiger partial charge is 0.256 e. The van der Waals surface area contributed by atoms with E-state index >= 15 is 0 Å². The second-order valence-electron chi connectivity index (χ2n) is 5.27. The molecule has 1 saturated heterocycles. The van der Waals surface area contributed by atoms with Gasteiger partial charge in [0.25, 0.3) is 5.91 Å². The van der Waals surface area contributed by atoms with E-state index in [1.165, 1.54) is 0 Å². The first-order valence-electron chi connectivity index (χ1n) is 6.99. The highest BCUT2D eigenvalue weighted by molar-refractivity contribution is 6.01. The van der Waals surface area contributed by atoms with E-state index in [0.29, 0.717) is 18.7 Å². The van der Waals surface area contributed by atoms with E-state index in [1.54, 1.807) is 11.0 Å². The molecule has 1 fully saturated rings. The summed E-state index contributed by atoms with van der Waals surface area (Å²) in [5, 5.41) is 6.05. The number of hydrogen-bond acceptors (Lipinski definition) is 3. The molecule has 5 heteroatoms. The van der Waals surface area contributed by atoms with E-state index < -0.39 is 0 Å². The molecular formula is C15H21N3O2. The lowest BCUT2D eigenvalue weighted by atomic mass is 10.1. The minimum absolute atomic E-state index is 0.0919. The summed E-state index contributed by atoms with van der Waals surface area (Å²) in [6.07, 6.45) is 0.789. The minimum Gasteiger partial charge on any atom is -0.382 e. The van der Waals surface area contributed by atoms with Gasteiger partial charge in [-0.1, -0.05) is 12.1 Å². The molecule has 1 aliphatic heterocycles. The summed E-state index contributed by atoms with van der Waals surface area (Å²) in [4.78, 5) is 25.8. The first-order chi connectivity index (χ1) is 9.58. The zero-order chi connectivity index (χ0) is 14.5. The predicted octanol–water partition coefficient (Wildman–Crippen LogP) is 1.47. The average molecular weight is 275 g/mol. The Morgan fingerprint density at radius 2 is 2.10 bits per heavy atom. The number of carbonyl (C=O) groups is 2. The van der Waals surface area contributed by atoms with Gasteiger partial charge in [-0.2, -0.15) is 0 Å². The lowest BCUT2D eigenvalue weighted by Gasteiger charge is -2.21. The molecule has 0 unspecified atom stereocenters. The van der Waals surface area contributed by atoms with Crippen molar-refractivity contribution < 1.29 is 9.59 Å². The molecule has 0 aliphatic carbocycles. The number of amides is 2. The van der Waals surface area contributed by atoms with Crippen LogP contribution in [0, 0.1) is 0 Å². The summed E-state index contributed by atoms with van der Waals surface area (Å²) in [6.45, 7) is 5.43. The lowest BCUT2D eigenvalue weighted by molar-refractivity contribution is -0.121. The second-order valence-corrected chi connectivity index (χ2v) is 5.27. The fourth-order valence-electron chi connectivity index (χ4n) is 2.26. The number of anilines is 1. The number of rotatable bonds is 3. The number of benzene rings is 1. The van der Waals surface area contributed by atoms with E-state index in [1.807, 2.05) is 32.0 Å². The van der Waals surface area contributed by atoms with Gasteiger partial charge in [0, 0.05) is 24.8 Å². The normalized spacial score (nSPS) is 15.8. The maximum absolute atomic E-state index is 12.6. The Bertz CT molecular complexity index is 500. The summed E-state index contributed by atoms with van der Waals surface area (Å²) in [6, 6.07) is 7.69. The Hall–Kier alpha value is -2.04. The van der Waals surface area contributed by atoms with Crippen LogP contribution in [0.5, 0.6) is 0 Å². The highest BCUT2D eigenvalue weighted by Gasteiger charge is 2.22. The number of nitrogens with one attached hydrogen (secondary N) is 2. The van der Waals surface area contributed by atoms with Crippen LogP contribution in [0.2, 0.25) is 0 Å². The van der Waals surface area contributed by atoms with Gasteiger partial charge in [-0.3, -0.25) is 9.59 Å². The Morgan fingerprint density at radius 1 is 1.35 bits per heavy atom. The van der Waals surface area contributed by atoms with E-state index in [4.69, 9.17) is 0 Å². The van der Waals surface area contributed by atoms with E-state index in [2.05, 4.69) is 10.6 Å². The van der Waals surface area contributed by atoms with Crippen molar-refractivity contribution in [3.63, 3.8) is 0 Å². The molecule has 0 spiro atoms. The predicted molar refractivity (Wildman–Crippen MR) is 78.7 cm³/mol. The van der Waals surface area contributed by atoms with Crippen molar-refractivity contribution in [2.75, 3.05) is 25.0 Å². The number of para-hydroxylation sites is 1. The maximum Gasteiger partial charge on any atom is 0.256 e. The van der Waals surface area contributed by atoms with Gasteiger partial charge in [0.05, 0.1) is 12.1 Å². The summed E-state index contributed by atoms with van der Waals surface area (Å²) in [5.74, 6) is -0.184. The SMILES string of the molecule is CC(C)Nc1ccccc1C(=O)N1CCCNC(=O)C1. The van der Waals surface area contributed by atoms with Crippen LogP contribution < -0.4 is 10.6 Å². The van der Waals surface area contributed by atoms with Crippen LogP contribution in [0.25, 0.3) is 0 Å². The molecule has 1 aromatic rings. The van der Waals surface area contributed by atoms with Crippen molar-refractivity contribution in [3.05, 3.63) is 29.8 Å². The fourth-order valence-corrected chi connectivity index (χ4v) is 2.26. The molecule has 1 heterocycles. The second kappa shape index (κ2) is 6.41. The van der Waals surface area contributed by atoms with Crippen LogP contribution in [0.1, 0.15) is 30.6 Å². The maximum atomic E-state index is 12.6. The van der Waals surface area contributed by atoms with Crippen molar-refractivity contribution in [1.82, 2.24) is 10.2 Å². The Kier molecular flexibility index (Phi) is 4.61. The average Bonchev–Trinajstić information content (AvgIpc) is 2.62. The van der Waals surface area contributed by atoms with E-state index in [0.717, 1.165) is 12.1 Å². The molecule has 5 nitrogen and oxygen atoms in total. The monoisotopic (exact) mass is 275 g/mol. The largest absolute Gasteiger partial charge is 0.382 e. The Morgan fingerprint density at radius 3 is 2.85 bits per heavy atom. The highest BCUT2D eigenvalue weighted by Crippen LogP contribution is 2.18. The van der Waals surface area contributed by atoms with Gasteiger partial charge in [-0.15, -0.1) is 0 Å². The number of carbonyl (C=O) groups excluding carboxylic acids is 2. The quantitative estimate of drug-likeness (QED) is 0.878. The molecule has 1 aromatic carbocycles. The van der Waals surface area contributed by atoms with Gasteiger partial charge in [-0.05, 0) is 32.4 Å². The van der Waals surface area contributed by atoms with Crippen molar-refractivity contribution in [2.45, 2.75) is 26.3 Å². The third-order valence-corrected chi connectivity index (χ3v) is 3.15. The van der Waals surface area contributed by atoms with Crippen molar-refractivity contribution in [1.29, 1.82) is 0 Å². The zero-order valence-corrected chi connectivity index (χ0v) is 12.0. The van der Waals surface area contributed by atoms with E-state index in [-0.39, 0.29) is 24.4 Å². The molecule has 1 aliphatic rings. The summed E-state index contributed by atoms with van der Waals surface area (Å²) in [5.41, 5.74) is 1.44. The number of hydrogen-bond donors (Lipinski definition) is 2. The van der Waals surface area contributed by atoms with Gasteiger partial charge in [0.1, 0.15) is 0 Å². The first kappa shape index (κ1) is 14.4. The van der Waals surface area contributed by atoms with Crippen molar-refractivity contribution in [3.8, 4) is 0 Å². The first-order valence-corrected chi connectivity index (χ1v) is 6.99. The number of nitrogens with zero attached hydrogens (tertiary/aromatic N) is 1. The third-order valence-electron chi connectivity index (χ3n) is 3.15. The molecule has 2 amide bonds. The molecule has 2 N–H and O–H groups in total. The molecule has 108 valence electrons. The topological polar surface area (TPSA) is 61.4 Å². The van der Waals surface area contributed by atoms with E-state index in [9.17, 15) is 9.59 Å². The van der Waals surface area contributed by atoms with Crippen LogP contribution in [0.15, 0.2) is 24.3 Å². The van der Waals surface area contributed by atoms with Crippen LogP contribution in [0.3, 0.4) is 0 Å². The lowest BCUT2D eigenvalue weighted by Crippen LogP contribution is -2.37. The van der Waals surface area contributed by atoms with Gasteiger partial charge in [-0.25, -0.2) is 0 Å². The molecule has 20 heavy (non-hydrogen) atoms. The third kappa shape index (κ3) is 3.50. The standard InChI is InChI=1S/C15H21N3O2/c1-11(2)17-13-7-4-3-6-12(13)15(20)18-9-5-8-16-14(19)10-18/h3-4,6-7,11,17H,5,8-10H2,1-2H3,(H,16,19). The van der Waals surface area contributed by atoms with Gasteiger partial charge < -0.3 is 15.5 Å². The fraction of sp³-hybridized carbons (Fsp3) is 0.467. The van der Waals surface area contributed by atoms with Crippen LogP contribution in [-0.4, -0.2) is 42.4 Å². The Balaban J connectivity index is 2.21. The molecule has 0 radical (unpaired) electrons. The summed E-state index contributed by atoms with van der Waals surface area (Å²) >= 11 is 0. The van der Waals surface area contributed by atoms with Gasteiger partial charge in [0.15, 0.2) is 0 Å². The molecule has 2 rings (SSSR count). The van der Waals surface area contributed by atoms with Crippen LogP contribution in [-0.2, 0) is 4.79 Å². The molecule has 0 aromatic heterocycles. The summed E-state index contributed by atoms with van der Waals surface area (Å²) in [7, 11) is 0. The molecule has 0 bridgehead atoms. The van der Waals surface area contributed by atoms with Gasteiger partial charge >= 0.3 is 0 Å². The van der Waals surface area contributed by atoms with Crippen LogP contribution >= 0.6 is 0 Å². The highest BCUT2D eigenvalue weighted by atomic mass is 16.2. The minimum atomic E-state index is -0.0925. The summed E-state index contributed by atoms with van der Waals surface area (Å²) < 4.78 is 0. The van der Waals surface area contributed by atoms with Crippen molar-refractivity contribution >= 4 is 17.5 Å². The van der Waals surface area contributed by atoms with Crippen molar-refractivity contribution in [2.24, 2.45) is 0 Å². The Labute approximate surface area is 119 Å².